The number of methoxy groups -OCH3 is 1. The van der Waals surface area contributed by atoms with Crippen molar-refractivity contribution in [1.82, 2.24) is 10.2 Å². The summed E-state index contributed by atoms with van der Waals surface area (Å²) < 4.78 is 11.1. The van der Waals surface area contributed by atoms with Crippen LogP contribution in [0.5, 0.6) is 11.5 Å². The molecule has 1 heterocycles. The molecule has 120 valence electrons. The fourth-order valence-electron chi connectivity index (χ4n) is 2.42. The molecule has 1 saturated heterocycles. The molecule has 5 heteroatoms. The van der Waals surface area contributed by atoms with Gasteiger partial charge < -0.3 is 19.7 Å². The summed E-state index contributed by atoms with van der Waals surface area (Å²) in [4.78, 5) is 13.5. The Hall–Kier alpha value is -2.01. The predicted molar refractivity (Wildman–Crippen MR) is 87.2 cm³/mol. The van der Waals surface area contributed by atoms with Gasteiger partial charge in [0.2, 0.25) is 0 Å². The first-order chi connectivity index (χ1) is 10.6. The second-order valence-electron chi connectivity index (χ2n) is 5.50. The molecule has 22 heavy (non-hydrogen) atoms. The molecule has 1 aliphatic rings. The van der Waals surface area contributed by atoms with Crippen molar-refractivity contribution >= 4 is 12.4 Å². The second kappa shape index (κ2) is 7.84. The number of piperazine rings is 1. The van der Waals surface area contributed by atoms with Gasteiger partial charge in [-0.25, -0.2) is 0 Å². The zero-order chi connectivity index (χ0) is 15.9. The van der Waals surface area contributed by atoms with E-state index in [4.69, 9.17) is 9.47 Å². The van der Waals surface area contributed by atoms with Crippen LogP contribution in [0.2, 0.25) is 0 Å². The van der Waals surface area contributed by atoms with Gasteiger partial charge in [-0.15, -0.1) is 0 Å². The maximum absolute atomic E-state index is 11.4. The largest absolute Gasteiger partial charge is 0.493 e. The highest BCUT2D eigenvalue weighted by Gasteiger charge is 2.13. The second-order valence-corrected chi connectivity index (χ2v) is 5.50. The number of carbonyl (C=O) groups excluding carboxylic acids is 1. The molecule has 1 aliphatic heterocycles. The van der Waals surface area contributed by atoms with E-state index in [0.717, 1.165) is 38.0 Å². The zero-order valence-corrected chi connectivity index (χ0v) is 13.5. The maximum atomic E-state index is 11.4. The van der Waals surface area contributed by atoms with Crippen molar-refractivity contribution in [2.45, 2.75) is 20.0 Å². The molecular formula is C17H24N2O3. The summed E-state index contributed by atoms with van der Waals surface area (Å²) >= 11 is 0. The average Bonchev–Trinajstić information content (AvgIpc) is 2.54. The van der Waals surface area contributed by atoms with Crippen LogP contribution in [0.3, 0.4) is 0 Å². The van der Waals surface area contributed by atoms with Crippen molar-refractivity contribution in [3.05, 3.63) is 29.5 Å². The Labute approximate surface area is 131 Å². The first-order valence-corrected chi connectivity index (χ1v) is 7.61. The molecule has 0 aliphatic carbocycles. The Morgan fingerprint density at radius 3 is 2.59 bits per heavy atom. The van der Waals surface area contributed by atoms with Gasteiger partial charge in [-0.3, -0.25) is 4.79 Å². The number of carbonyl (C=O) groups is 1. The van der Waals surface area contributed by atoms with Crippen molar-refractivity contribution in [3.63, 3.8) is 0 Å². The molecule has 0 bridgehead atoms. The fourth-order valence-corrected chi connectivity index (χ4v) is 2.42. The molecular weight excluding hydrogens is 280 g/mol. The minimum absolute atomic E-state index is 0.0849. The summed E-state index contributed by atoms with van der Waals surface area (Å²) in [6, 6.07) is 5.71. The Kier molecular flexibility index (Phi) is 5.83. The monoisotopic (exact) mass is 304 g/mol. The smallest absolute Gasteiger partial charge is 0.166 e. The van der Waals surface area contributed by atoms with Gasteiger partial charge in [0.05, 0.1) is 18.9 Å². The number of nitrogens with one attached hydrogen (secondary N) is 1. The van der Waals surface area contributed by atoms with Crippen LogP contribution in [0.4, 0.5) is 0 Å². The topological polar surface area (TPSA) is 50.8 Å². The Bertz CT molecular complexity index is 535. The van der Waals surface area contributed by atoms with Gasteiger partial charge >= 0.3 is 0 Å². The quantitative estimate of drug-likeness (QED) is 0.643. The van der Waals surface area contributed by atoms with Crippen LogP contribution in [0.15, 0.2) is 23.9 Å². The van der Waals surface area contributed by atoms with E-state index >= 15 is 0 Å². The average molecular weight is 304 g/mol. The molecule has 0 saturated carbocycles. The van der Waals surface area contributed by atoms with Crippen molar-refractivity contribution < 1.29 is 14.3 Å². The van der Waals surface area contributed by atoms with Gasteiger partial charge in [0.25, 0.3) is 0 Å². The lowest BCUT2D eigenvalue weighted by Crippen LogP contribution is -2.43. The highest BCUT2D eigenvalue weighted by atomic mass is 16.5. The molecule has 1 N–H and O–H groups in total. The van der Waals surface area contributed by atoms with E-state index in [9.17, 15) is 4.79 Å². The van der Waals surface area contributed by atoms with Crippen LogP contribution in [0.25, 0.3) is 6.08 Å². The predicted octanol–water partition coefficient (Wildman–Crippen LogP) is 1.93. The molecule has 0 atom stereocenters. The first-order valence-electron chi connectivity index (χ1n) is 7.61. The summed E-state index contributed by atoms with van der Waals surface area (Å²) in [6.07, 6.45) is 2.89. The van der Waals surface area contributed by atoms with E-state index in [-0.39, 0.29) is 6.10 Å². The van der Waals surface area contributed by atoms with Crippen molar-refractivity contribution in [2.75, 3.05) is 33.3 Å². The highest BCUT2D eigenvalue weighted by Crippen LogP contribution is 2.29. The van der Waals surface area contributed by atoms with Crippen molar-refractivity contribution in [1.29, 1.82) is 0 Å². The van der Waals surface area contributed by atoms with Crippen LogP contribution < -0.4 is 14.8 Å². The van der Waals surface area contributed by atoms with Gasteiger partial charge in [0, 0.05) is 26.2 Å². The summed E-state index contributed by atoms with van der Waals surface area (Å²) in [5.74, 6) is 1.39. The number of hydrogen-bond donors (Lipinski definition) is 1. The van der Waals surface area contributed by atoms with E-state index in [2.05, 4.69) is 10.2 Å². The molecule has 0 aromatic heterocycles. The third-order valence-electron chi connectivity index (χ3n) is 3.47. The summed E-state index contributed by atoms with van der Waals surface area (Å²) in [6.45, 7) is 7.43. The van der Waals surface area contributed by atoms with Gasteiger partial charge in [-0.1, -0.05) is 6.07 Å². The minimum Gasteiger partial charge on any atom is -0.493 e. The molecule has 0 radical (unpaired) electrons. The van der Waals surface area contributed by atoms with Crippen LogP contribution >= 0.6 is 0 Å². The number of aldehydes is 1. The van der Waals surface area contributed by atoms with Gasteiger partial charge in [0.1, 0.15) is 0 Å². The zero-order valence-electron chi connectivity index (χ0n) is 13.5. The maximum Gasteiger partial charge on any atom is 0.166 e. The van der Waals surface area contributed by atoms with Crippen LogP contribution in [0.1, 0.15) is 19.4 Å². The lowest BCUT2D eigenvalue weighted by atomic mass is 10.1. The van der Waals surface area contributed by atoms with E-state index in [1.54, 1.807) is 7.11 Å². The number of allylic oxidation sites excluding steroid dienone is 1. The Morgan fingerprint density at radius 1 is 1.27 bits per heavy atom. The molecule has 1 aromatic rings. The Balaban J connectivity index is 2.23. The fraction of sp³-hybridized carbons (Fsp3) is 0.471. The molecule has 2 rings (SSSR count). The van der Waals surface area contributed by atoms with Crippen LogP contribution in [0, 0.1) is 0 Å². The first kappa shape index (κ1) is 16.4. The van der Waals surface area contributed by atoms with Gasteiger partial charge in [-0.2, -0.15) is 0 Å². The van der Waals surface area contributed by atoms with E-state index < -0.39 is 0 Å². The number of rotatable bonds is 6. The van der Waals surface area contributed by atoms with Gasteiger partial charge in [0.15, 0.2) is 17.8 Å². The standard InChI is InChI=1S/C17H24N2O3/c1-13(2)22-16-5-4-14(11-17(16)21-3)10-15(12-20)19-8-6-18-7-9-19/h4-5,10-13,18H,6-9H2,1-3H3/b15-10+. The summed E-state index contributed by atoms with van der Waals surface area (Å²) in [7, 11) is 1.62. The number of hydrogen-bond acceptors (Lipinski definition) is 5. The Morgan fingerprint density at radius 2 is 2.00 bits per heavy atom. The van der Waals surface area contributed by atoms with E-state index in [0.29, 0.717) is 17.2 Å². The normalized spacial score (nSPS) is 15.8. The molecule has 5 nitrogen and oxygen atoms in total. The number of benzene rings is 1. The van der Waals surface area contributed by atoms with Gasteiger partial charge in [-0.05, 0) is 37.6 Å². The number of nitrogens with zero attached hydrogens (tertiary/aromatic N) is 1. The molecule has 1 aromatic carbocycles. The third-order valence-corrected chi connectivity index (χ3v) is 3.47. The SMILES string of the molecule is COc1cc(/C=C(\C=O)N2CCNCC2)ccc1OC(C)C. The molecule has 0 spiro atoms. The summed E-state index contributed by atoms with van der Waals surface area (Å²) in [5, 5.41) is 3.28. The third kappa shape index (κ3) is 4.24. The molecule has 0 amide bonds. The van der Waals surface area contributed by atoms with Crippen molar-refractivity contribution in [2.24, 2.45) is 0 Å². The molecule has 0 unspecified atom stereocenters. The van der Waals surface area contributed by atoms with E-state index in [1.165, 1.54) is 0 Å². The molecule has 1 fully saturated rings. The highest BCUT2D eigenvalue weighted by molar-refractivity contribution is 5.81. The lowest BCUT2D eigenvalue weighted by molar-refractivity contribution is -0.106. The van der Waals surface area contributed by atoms with Crippen LogP contribution in [-0.2, 0) is 4.79 Å². The lowest BCUT2D eigenvalue weighted by Gasteiger charge is -2.29. The van der Waals surface area contributed by atoms with Crippen molar-refractivity contribution in [3.8, 4) is 11.5 Å². The van der Waals surface area contributed by atoms with Crippen LogP contribution in [-0.4, -0.2) is 50.6 Å². The minimum atomic E-state index is 0.0849. The van der Waals surface area contributed by atoms with E-state index in [1.807, 2.05) is 38.1 Å². The number of ether oxygens (including phenoxy) is 2. The summed E-state index contributed by atoms with van der Waals surface area (Å²) in [5.41, 5.74) is 1.62.